The van der Waals surface area contributed by atoms with E-state index in [1.165, 1.54) is 23.4 Å². The Bertz CT molecular complexity index is 896. The molecule has 0 unspecified atom stereocenters. The van der Waals surface area contributed by atoms with Gasteiger partial charge in [-0.15, -0.1) is 0 Å². The molecule has 122 valence electrons. The molecule has 4 heteroatoms. The monoisotopic (exact) mass is 337 g/mol. The third-order valence-electron chi connectivity index (χ3n) is 3.84. The zero-order chi connectivity index (χ0) is 16.9. The Morgan fingerprint density at radius 2 is 2.29 bits per heavy atom. The average Bonchev–Trinajstić information content (AvgIpc) is 3.00. The highest BCUT2D eigenvalue weighted by Crippen LogP contribution is 2.26. The number of hydrogen-bond donors (Lipinski definition) is 1. The molecule has 3 nitrogen and oxygen atoms in total. The van der Waals surface area contributed by atoms with Crippen LogP contribution in [0.5, 0.6) is 5.75 Å². The SMILES string of the molecule is CCC=Cc1cc(=O)c(O)cn1C1=CC=CC(c2ccsc2)=CC1. The first-order chi connectivity index (χ1) is 11.7. The van der Waals surface area contributed by atoms with Gasteiger partial charge >= 0.3 is 0 Å². The normalized spacial score (nSPS) is 14.5. The minimum atomic E-state index is -0.360. The fourth-order valence-corrected chi connectivity index (χ4v) is 3.25. The van der Waals surface area contributed by atoms with Crippen LogP contribution in [-0.2, 0) is 0 Å². The standard InChI is InChI=1S/C20H19NO2S/c1-2-3-6-18-12-19(22)20(23)13-21(18)17-7-4-5-15(8-9-17)16-10-11-24-14-16/h3-8,10-14,23H,2,9H2,1H3. The van der Waals surface area contributed by atoms with E-state index in [2.05, 4.69) is 29.0 Å². The van der Waals surface area contributed by atoms with Crippen molar-refractivity contribution in [1.29, 1.82) is 0 Å². The van der Waals surface area contributed by atoms with E-state index < -0.39 is 0 Å². The van der Waals surface area contributed by atoms with Crippen molar-refractivity contribution in [2.45, 2.75) is 19.8 Å². The van der Waals surface area contributed by atoms with Crippen LogP contribution in [0.15, 0.2) is 64.3 Å². The predicted octanol–water partition coefficient (Wildman–Crippen LogP) is 4.92. The number of nitrogens with zero attached hydrogens (tertiary/aromatic N) is 1. The molecule has 2 aromatic rings. The van der Waals surface area contributed by atoms with E-state index in [0.717, 1.165) is 17.8 Å². The molecule has 0 spiro atoms. The van der Waals surface area contributed by atoms with Gasteiger partial charge in [-0.25, -0.2) is 0 Å². The van der Waals surface area contributed by atoms with E-state index in [-0.39, 0.29) is 11.2 Å². The lowest BCUT2D eigenvalue weighted by Gasteiger charge is -2.14. The number of rotatable bonds is 4. The van der Waals surface area contributed by atoms with Gasteiger partial charge in [0.25, 0.3) is 0 Å². The quantitative estimate of drug-likeness (QED) is 0.860. The summed E-state index contributed by atoms with van der Waals surface area (Å²) in [7, 11) is 0. The summed E-state index contributed by atoms with van der Waals surface area (Å²) in [4.78, 5) is 11.8. The van der Waals surface area contributed by atoms with Crippen LogP contribution in [0, 0.1) is 0 Å². The maximum atomic E-state index is 11.8. The lowest BCUT2D eigenvalue weighted by molar-refractivity contribution is 0.465. The van der Waals surface area contributed by atoms with Crippen molar-refractivity contribution >= 4 is 28.7 Å². The second-order valence-electron chi connectivity index (χ2n) is 5.52. The predicted molar refractivity (Wildman–Crippen MR) is 102 cm³/mol. The fourth-order valence-electron chi connectivity index (χ4n) is 2.59. The van der Waals surface area contributed by atoms with Gasteiger partial charge in [-0.05, 0) is 46.5 Å². The first-order valence-electron chi connectivity index (χ1n) is 7.91. The lowest BCUT2D eigenvalue weighted by atomic mass is 10.1. The topological polar surface area (TPSA) is 42.2 Å². The van der Waals surface area contributed by atoms with Gasteiger partial charge in [0.1, 0.15) is 0 Å². The van der Waals surface area contributed by atoms with Crippen LogP contribution in [0.25, 0.3) is 17.3 Å². The molecular weight excluding hydrogens is 318 g/mol. The Morgan fingerprint density at radius 3 is 3.04 bits per heavy atom. The van der Waals surface area contributed by atoms with E-state index in [1.807, 2.05) is 35.8 Å². The Kier molecular flexibility index (Phi) is 4.96. The summed E-state index contributed by atoms with van der Waals surface area (Å²) in [6.45, 7) is 2.04. The molecule has 1 aliphatic carbocycles. The maximum absolute atomic E-state index is 11.8. The zero-order valence-corrected chi connectivity index (χ0v) is 14.3. The number of aromatic hydroxyl groups is 1. The van der Waals surface area contributed by atoms with Gasteiger partial charge in [-0.2, -0.15) is 11.3 Å². The van der Waals surface area contributed by atoms with Crippen molar-refractivity contribution in [1.82, 2.24) is 4.57 Å². The lowest BCUT2D eigenvalue weighted by Crippen LogP contribution is -2.09. The fraction of sp³-hybridized carbons (Fsp3) is 0.150. The first kappa shape index (κ1) is 16.3. The highest BCUT2D eigenvalue weighted by atomic mass is 32.1. The van der Waals surface area contributed by atoms with Gasteiger partial charge in [-0.3, -0.25) is 4.79 Å². The second kappa shape index (κ2) is 7.32. The Labute approximate surface area is 145 Å². The molecule has 0 amide bonds. The number of hydrogen-bond acceptors (Lipinski definition) is 3. The van der Waals surface area contributed by atoms with E-state index >= 15 is 0 Å². The molecule has 2 heterocycles. The van der Waals surface area contributed by atoms with Gasteiger partial charge in [0.2, 0.25) is 5.43 Å². The molecular formula is C20H19NO2S. The third-order valence-corrected chi connectivity index (χ3v) is 4.53. The smallest absolute Gasteiger partial charge is 0.223 e. The molecule has 24 heavy (non-hydrogen) atoms. The molecule has 0 fully saturated rings. The summed E-state index contributed by atoms with van der Waals surface area (Å²) in [5.41, 5.74) is 3.80. The van der Waals surface area contributed by atoms with Gasteiger partial charge in [-0.1, -0.05) is 31.2 Å². The van der Waals surface area contributed by atoms with Crippen molar-refractivity contribution in [3.63, 3.8) is 0 Å². The summed E-state index contributed by atoms with van der Waals surface area (Å²) in [5, 5.41) is 14.0. The van der Waals surface area contributed by atoms with Crippen LogP contribution in [-0.4, -0.2) is 9.67 Å². The van der Waals surface area contributed by atoms with Crippen molar-refractivity contribution in [3.05, 3.63) is 81.0 Å². The molecule has 0 aliphatic heterocycles. The number of pyridine rings is 1. The molecule has 0 aromatic carbocycles. The van der Waals surface area contributed by atoms with Crippen molar-refractivity contribution in [2.24, 2.45) is 0 Å². The first-order valence-corrected chi connectivity index (χ1v) is 8.86. The molecule has 0 radical (unpaired) electrons. The van der Waals surface area contributed by atoms with Crippen molar-refractivity contribution in [3.8, 4) is 5.75 Å². The van der Waals surface area contributed by atoms with Crippen LogP contribution in [0.4, 0.5) is 0 Å². The van der Waals surface area contributed by atoms with Crippen LogP contribution in [0.3, 0.4) is 0 Å². The molecule has 0 atom stereocenters. The molecule has 1 aliphatic rings. The Morgan fingerprint density at radius 1 is 1.42 bits per heavy atom. The van der Waals surface area contributed by atoms with Gasteiger partial charge in [0.05, 0.1) is 6.20 Å². The van der Waals surface area contributed by atoms with Gasteiger partial charge < -0.3 is 9.67 Å². The van der Waals surface area contributed by atoms with Crippen LogP contribution >= 0.6 is 11.3 Å². The summed E-state index contributed by atoms with van der Waals surface area (Å²) < 4.78 is 1.88. The minimum absolute atomic E-state index is 0.236. The molecule has 0 bridgehead atoms. The van der Waals surface area contributed by atoms with E-state index in [0.29, 0.717) is 6.42 Å². The second-order valence-corrected chi connectivity index (χ2v) is 6.30. The summed E-state index contributed by atoms with van der Waals surface area (Å²) in [5.74, 6) is -0.236. The van der Waals surface area contributed by atoms with Crippen LogP contribution in [0.2, 0.25) is 0 Å². The molecule has 1 N–H and O–H groups in total. The molecule has 2 aromatic heterocycles. The third kappa shape index (κ3) is 3.49. The highest BCUT2D eigenvalue weighted by Gasteiger charge is 2.09. The van der Waals surface area contributed by atoms with Crippen LogP contribution in [0.1, 0.15) is 31.0 Å². The van der Waals surface area contributed by atoms with Crippen LogP contribution < -0.4 is 5.43 Å². The highest BCUT2D eigenvalue weighted by molar-refractivity contribution is 7.08. The maximum Gasteiger partial charge on any atom is 0.223 e. The van der Waals surface area contributed by atoms with E-state index in [4.69, 9.17) is 0 Å². The van der Waals surface area contributed by atoms with E-state index in [9.17, 15) is 9.90 Å². The molecule has 0 saturated heterocycles. The largest absolute Gasteiger partial charge is 0.503 e. The number of allylic oxidation sites excluding steroid dienone is 7. The van der Waals surface area contributed by atoms with Crippen molar-refractivity contribution < 1.29 is 5.11 Å². The summed E-state index contributed by atoms with van der Waals surface area (Å²) in [6, 6.07) is 3.58. The number of thiophene rings is 1. The summed E-state index contributed by atoms with van der Waals surface area (Å²) in [6.07, 6.45) is 15.3. The molecule has 0 saturated carbocycles. The summed E-state index contributed by atoms with van der Waals surface area (Å²) >= 11 is 1.68. The van der Waals surface area contributed by atoms with Crippen molar-refractivity contribution in [2.75, 3.05) is 0 Å². The Hall–Kier alpha value is -2.59. The Balaban J connectivity index is 1.99. The van der Waals surface area contributed by atoms with E-state index in [1.54, 1.807) is 11.3 Å². The van der Waals surface area contributed by atoms with Gasteiger partial charge in [0.15, 0.2) is 5.75 Å². The average molecular weight is 337 g/mol. The zero-order valence-electron chi connectivity index (χ0n) is 13.5. The number of aromatic nitrogens is 1. The van der Waals surface area contributed by atoms with Gasteiger partial charge in [0, 0.05) is 23.9 Å². The molecule has 3 rings (SSSR count). The minimum Gasteiger partial charge on any atom is -0.503 e.